The number of nitrogens with zero attached hydrogens (tertiary/aromatic N) is 1. The maximum Gasteiger partial charge on any atom is 0.145 e. The summed E-state index contributed by atoms with van der Waals surface area (Å²) in [5, 5.41) is 0. The molecule has 0 bridgehead atoms. The molecule has 2 aliphatic carbocycles. The van der Waals surface area contributed by atoms with Crippen LogP contribution < -0.4 is 0 Å². The summed E-state index contributed by atoms with van der Waals surface area (Å²) < 4.78 is 24.2. The third-order valence-corrected chi connectivity index (χ3v) is 7.24. The lowest BCUT2D eigenvalue weighted by molar-refractivity contribution is 0.0180. The van der Waals surface area contributed by atoms with Gasteiger partial charge in [0, 0.05) is 22.1 Å². The van der Waals surface area contributed by atoms with Gasteiger partial charge in [0.1, 0.15) is 11.0 Å². The number of ether oxygens (including phenoxy) is 1. The molecule has 0 heterocycles. The van der Waals surface area contributed by atoms with Gasteiger partial charge < -0.3 is 4.74 Å². The zero-order valence-corrected chi connectivity index (χ0v) is 18.0. The van der Waals surface area contributed by atoms with Gasteiger partial charge >= 0.3 is 0 Å². The molecule has 5 heteroatoms. The average Bonchev–Trinajstić information content (AvgIpc) is 2.82. The van der Waals surface area contributed by atoms with E-state index in [1.165, 1.54) is 11.1 Å². The number of fused-ring (bicyclic) bond motifs is 1. The Hall–Kier alpha value is -0.520. The van der Waals surface area contributed by atoms with Crippen LogP contribution in [0, 0.1) is 5.41 Å². The van der Waals surface area contributed by atoms with Gasteiger partial charge in [-0.3, -0.25) is 0 Å². The van der Waals surface area contributed by atoms with E-state index >= 15 is 0 Å². The predicted octanol–water partition coefficient (Wildman–Crippen LogP) is 5.22. The Kier molecular flexibility index (Phi) is 5.57. The summed E-state index contributed by atoms with van der Waals surface area (Å²) in [5.41, 5.74) is 3.61. The zero-order chi connectivity index (χ0) is 18.2. The van der Waals surface area contributed by atoms with Crippen LogP contribution in [0.1, 0.15) is 64.5 Å². The zero-order valence-electron chi connectivity index (χ0n) is 15.6. The summed E-state index contributed by atoms with van der Waals surface area (Å²) >= 11 is 3.59. The van der Waals surface area contributed by atoms with Crippen LogP contribution in [0.5, 0.6) is 0 Å². The van der Waals surface area contributed by atoms with Crippen molar-refractivity contribution in [2.24, 2.45) is 9.81 Å². The quantitative estimate of drug-likeness (QED) is 0.665. The van der Waals surface area contributed by atoms with Crippen molar-refractivity contribution in [3.8, 4) is 0 Å². The third kappa shape index (κ3) is 3.93. The van der Waals surface area contributed by atoms with E-state index in [1.807, 2.05) is 20.8 Å². The largest absolute Gasteiger partial charge is 0.379 e. The second-order valence-electron chi connectivity index (χ2n) is 8.21. The third-order valence-electron chi connectivity index (χ3n) is 5.35. The van der Waals surface area contributed by atoms with Crippen molar-refractivity contribution in [2.45, 2.75) is 70.7 Å². The van der Waals surface area contributed by atoms with Crippen molar-refractivity contribution in [1.82, 2.24) is 0 Å². The van der Waals surface area contributed by atoms with Gasteiger partial charge in [-0.25, -0.2) is 4.21 Å². The first-order valence-corrected chi connectivity index (χ1v) is 11.1. The first-order valence-electron chi connectivity index (χ1n) is 9.17. The number of benzene rings is 1. The number of hydrogen-bond donors (Lipinski definition) is 0. The van der Waals surface area contributed by atoms with Crippen molar-refractivity contribution in [3.05, 3.63) is 33.8 Å². The van der Waals surface area contributed by atoms with Gasteiger partial charge in [0.25, 0.3) is 0 Å². The summed E-state index contributed by atoms with van der Waals surface area (Å²) in [6.07, 6.45) is 5.61. The van der Waals surface area contributed by atoms with E-state index in [1.54, 1.807) is 0 Å². The topological polar surface area (TPSA) is 38.7 Å². The molecule has 1 aromatic rings. The van der Waals surface area contributed by atoms with Crippen LogP contribution in [-0.4, -0.2) is 27.4 Å². The van der Waals surface area contributed by atoms with Gasteiger partial charge in [0.2, 0.25) is 0 Å². The molecular weight excluding hydrogens is 398 g/mol. The fraction of sp³-hybridized carbons (Fsp3) is 0.650. The molecule has 1 spiro atoms. The fourth-order valence-corrected chi connectivity index (χ4v) is 5.08. The van der Waals surface area contributed by atoms with E-state index in [0.29, 0.717) is 6.10 Å². The Morgan fingerprint density at radius 1 is 1.32 bits per heavy atom. The second kappa shape index (κ2) is 7.24. The molecule has 1 fully saturated rings. The molecule has 1 saturated carbocycles. The first-order chi connectivity index (χ1) is 11.7. The van der Waals surface area contributed by atoms with Crippen LogP contribution in [0.2, 0.25) is 0 Å². The number of hydrogen-bond acceptors (Lipinski definition) is 2. The molecule has 0 N–H and O–H groups in total. The molecule has 1 aromatic carbocycles. The van der Waals surface area contributed by atoms with Gasteiger partial charge in [0.05, 0.1) is 16.6 Å². The Morgan fingerprint density at radius 3 is 2.60 bits per heavy atom. The SMILES string of the molecule is CCOC1CCC2(CC1)Cc1ccc(Br)cc1C2=NS(=O)C(C)(C)C. The average molecular weight is 426 g/mol. The normalized spacial score (nSPS) is 29.2. The highest BCUT2D eigenvalue weighted by Crippen LogP contribution is 2.49. The molecule has 0 radical (unpaired) electrons. The highest BCUT2D eigenvalue weighted by molar-refractivity contribution is 9.10. The summed E-state index contributed by atoms with van der Waals surface area (Å²) in [5.74, 6) is 0. The molecule has 0 aliphatic heterocycles. The van der Waals surface area contributed by atoms with E-state index < -0.39 is 11.0 Å². The minimum Gasteiger partial charge on any atom is -0.379 e. The van der Waals surface area contributed by atoms with Crippen LogP contribution in [0.15, 0.2) is 27.1 Å². The maximum atomic E-state index is 12.8. The molecule has 1 atom stereocenters. The first kappa shape index (κ1) is 19.2. The summed E-state index contributed by atoms with van der Waals surface area (Å²) in [4.78, 5) is 0. The molecule has 2 aliphatic rings. The predicted molar refractivity (Wildman–Crippen MR) is 109 cm³/mol. The van der Waals surface area contributed by atoms with E-state index in [9.17, 15) is 4.21 Å². The Balaban J connectivity index is 1.99. The van der Waals surface area contributed by atoms with Gasteiger partial charge in [-0.05, 0) is 77.5 Å². The maximum absolute atomic E-state index is 12.8. The second-order valence-corrected chi connectivity index (χ2v) is 11.0. The molecule has 0 saturated heterocycles. The number of halogens is 1. The molecule has 25 heavy (non-hydrogen) atoms. The van der Waals surface area contributed by atoms with Crippen LogP contribution in [0.3, 0.4) is 0 Å². The van der Waals surface area contributed by atoms with Crippen molar-refractivity contribution in [2.75, 3.05) is 6.61 Å². The summed E-state index contributed by atoms with van der Waals surface area (Å²) in [6, 6.07) is 6.44. The highest BCUT2D eigenvalue weighted by Gasteiger charge is 2.46. The minimum atomic E-state index is -1.24. The van der Waals surface area contributed by atoms with Gasteiger partial charge in [-0.1, -0.05) is 22.0 Å². The van der Waals surface area contributed by atoms with Crippen LogP contribution in [0.25, 0.3) is 0 Å². The van der Waals surface area contributed by atoms with Crippen LogP contribution >= 0.6 is 15.9 Å². The fourth-order valence-electron chi connectivity index (χ4n) is 3.98. The van der Waals surface area contributed by atoms with E-state index in [-0.39, 0.29) is 10.2 Å². The van der Waals surface area contributed by atoms with Crippen LogP contribution in [0.4, 0.5) is 0 Å². The number of rotatable bonds is 3. The van der Waals surface area contributed by atoms with Gasteiger partial charge in [0.15, 0.2) is 0 Å². The van der Waals surface area contributed by atoms with E-state index in [2.05, 4.69) is 41.1 Å². The molecule has 3 rings (SSSR count). The van der Waals surface area contributed by atoms with Crippen molar-refractivity contribution < 1.29 is 8.95 Å². The molecule has 3 nitrogen and oxygen atoms in total. The molecule has 0 amide bonds. The molecule has 1 unspecified atom stereocenters. The van der Waals surface area contributed by atoms with Crippen molar-refractivity contribution >= 4 is 32.6 Å². The summed E-state index contributed by atoms with van der Waals surface area (Å²) in [7, 11) is -1.24. The van der Waals surface area contributed by atoms with Gasteiger partial charge in [-0.2, -0.15) is 4.40 Å². The Morgan fingerprint density at radius 2 is 2.00 bits per heavy atom. The highest BCUT2D eigenvalue weighted by atomic mass is 79.9. The Bertz CT molecular complexity index is 700. The minimum absolute atomic E-state index is 0.0254. The molecular formula is C20H28BrNO2S. The van der Waals surface area contributed by atoms with Crippen LogP contribution in [-0.2, 0) is 22.1 Å². The summed E-state index contributed by atoms with van der Waals surface area (Å²) in [6.45, 7) is 8.81. The van der Waals surface area contributed by atoms with E-state index in [0.717, 1.165) is 48.9 Å². The Labute approximate surface area is 162 Å². The van der Waals surface area contributed by atoms with Gasteiger partial charge in [-0.15, -0.1) is 0 Å². The van der Waals surface area contributed by atoms with E-state index in [4.69, 9.17) is 9.13 Å². The lowest BCUT2D eigenvalue weighted by Gasteiger charge is -2.37. The van der Waals surface area contributed by atoms with Crippen molar-refractivity contribution in [3.63, 3.8) is 0 Å². The monoisotopic (exact) mass is 425 g/mol. The lowest BCUT2D eigenvalue weighted by atomic mass is 9.70. The smallest absolute Gasteiger partial charge is 0.145 e. The standard InChI is InChI=1S/C20H28BrNO2S/c1-5-24-16-8-10-20(11-9-16)13-14-6-7-15(21)12-17(14)18(20)22-25(23)19(2,3)4/h6-7,12,16H,5,8-11,13H2,1-4H3. The van der Waals surface area contributed by atoms with Crippen molar-refractivity contribution in [1.29, 1.82) is 0 Å². The molecule has 0 aromatic heterocycles. The lowest BCUT2D eigenvalue weighted by Crippen LogP contribution is -2.37. The molecule has 138 valence electrons.